The lowest BCUT2D eigenvalue weighted by atomic mass is 9.92. The van der Waals surface area contributed by atoms with Crippen molar-refractivity contribution in [1.29, 1.82) is 0 Å². The second kappa shape index (κ2) is 6.19. The molecular weight excluding hydrogens is 342 g/mol. The lowest BCUT2D eigenvalue weighted by Gasteiger charge is -2.32. The second-order valence-electron chi connectivity index (χ2n) is 8.24. The molecule has 0 unspecified atom stereocenters. The van der Waals surface area contributed by atoms with Crippen LogP contribution in [0.15, 0.2) is 6.33 Å². The molecule has 2 aromatic heterocycles. The van der Waals surface area contributed by atoms with Gasteiger partial charge in [0, 0.05) is 43.7 Å². The van der Waals surface area contributed by atoms with Crippen LogP contribution in [0.4, 0.5) is 0 Å². The first kappa shape index (κ1) is 17.0. The van der Waals surface area contributed by atoms with E-state index in [-0.39, 0.29) is 18.1 Å². The summed E-state index contributed by atoms with van der Waals surface area (Å²) in [6.07, 6.45) is 7.47. The van der Waals surface area contributed by atoms with E-state index >= 15 is 0 Å². The van der Waals surface area contributed by atoms with E-state index in [0.29, 0.717) is 18.3 Å². The zero-order chi connectivity index (χ0) is 18.7. The fraction of sp³-hybridized carbons (Fsp3) is 0.650. The average molecular weight is 369 g/mol. The highest BCUT2D eigenvalue weighted by molar-refractivity contribution is 5.94. The number of imidazole rings is 1. The zero-order valence-corrected chi connectivity index (χ0v) is 16.3. The van der Waals surface area contributed by atoms with Gasteiger partial charge in [-0.3, -0.25) is 9.48 Å². The van der Waals surface area contributed by atoms with Crippen molar-refractivity contribution < 1.29 is 9.53 Å². The Morgan fingerprint density at radius 1 is 1.30 bits per heavy atom. The largest absolute Gasteiger partial charge is 0.369 e. The number of ether oxygens (including phenoxy) is 1. The minimum absolute atomic E-state index is 0.0661. The van der Waals surface area contributed by atoms with Crippen LogP contribution >= 0.6 is 0 Å². The molecule has 1 saturated carbocycles. The van der Waals surface area contributed by atoms with Crippen LogP contribution in [-0.2, 0) is 31.2 Å². The summed E-state index contributed by atoms with van der Waals surface area (Å²) in [6, 6.07) is 0.621. The fourth-order valence-corrected chi connectivity index (χ4v) is 4.77. The summed E-state index contributed by atoms with van der Waals surface area (Å²) >= 11 is 0. The van der Waals surface area contributed by atoms with Gasteiger partial charge >= 0.3 is 0 Å². The standard InChI is InChI=1S/C20H27N5O2/c1-12-9-15-18(13(2)27-12)22-23(3)19(15)20(26)24-8-7-17-16(10-24)21-11-25(17)14-5-4-6-14/h11-14H,4-10H2,1-3H3/t12-,13+/m1/s1. The molecule has 5 rings (SSSR count). The van der Waals surface area contributed by atoms with Crippen LogP contribution in [0.25, 0.3) is 0 Å². The highest BCUT2D eigenvalue weighted by Crippen LogP contribution is 2.35. The molecule has 7 heteroatoms. The van der Waals surface area contributed by atoms with E-state index in [9.17, 15) is 4.79 Å². The SMILES string of the molecule is C[C@@H]1Cc2c(nn(C)c2C(=O)N2CCc3c(ncn3C3CCC3)C2)[C@H](C)O1. The number of fused-ring (bicyclic) bond motifs is 2. The fourth-order valence-electron chi connectivity index (χ4n) is 4.77. The topological polar surface area (TPSA) is 65.2 Å². The van der Waals surface area contributed by atoms with Crippen LogP contribution in [0.3, 0.4) is 0 Å². The lowest BCUT2D eigenvalue weighted by molar-refractivity contribution is -0.00714. The van der Waals surface area contributed by atoms with Crippen LogP contribution < -0.4 is 0 Å². The average Bonchev–Trinajstić information content (AvgIpc) is 3.14. The number of hydrogen-bond donors (Lipinski definition) is 0. The van der Waals surface area contributed by atoms with Gasteiger partial charge < -0.3 is 14.2 Å². The minimum Gasteiger partial charge on any atom is -0.369 e. The number of aryl methyl sites for hydroxylation is 1. The number of carbonyl (C=O) groups is 1. The molecule has 4 heterocycles. The Hall–Kier alpha value is -2.15. The van der Waals surface area contributed by atoms with Crippen LogP contribution in [0.1, 0.15) is 78.4 Å². The van der Waals surface area contributed by atoms with Gasteiger partial charge in [0.25, 0.3) is 5.91 Å². The van der Waals surface area contributed by atoms with E-state index in [0.717, 1.165) is 36.3 Å². The maximum absolute atomic E-state index is 13.4. The van der Waals surface area contributed by atoms with E-state index < -0.39 is 0 Å². The monoisotopic (exact) mass is 369 g/mol. The van der Waals surface area contributed by atoms with Crippen molar-refractivity contribution in [3.8, 4) is 0 Å². The predicted molar refractivity (Wildman–Crippen MR) is 99.4 cm³/mol. The van der Waals surface area contributed by atoms with Crippen LogP contribution in [-0.4, -0.2) is 42.8 Å². The Morgan fingerprint density at radius 2 is 2.11 bits per heavy atom. The number of nitrogens with zero attached hydrogens (tertiary/aromatic N) is 5. The summed E-state index contributed by atoms with van der Waals surface area (Å²) in [6.45, 7) is 5.40. The number of carbonyl (C=O) groups excluding carboxylic acids is 1. The molecule has 0 radical (unpaired) electrons. The van der Waals surface area contributed by atoms with Gasteiger partial charge in [0.2, 0.25) is 0 Å². The van der Waals surface area contributed by atoms with E-state index in [1.54, 1.807) is 4.68 Å². The van der Waals surface area contributed by atoms with Crippen LogP contribution in [0.2, 0.25) is 0 Å². The van der Waals surface area contributed by atoms with Gasteiger partial charge in [-0.2, -0.15) is 5.10 Å². The van der Waals surface area contributed by atoms with Crippen molar-refractivity contribution >= 4 is 5.91 Å². The molecule has 3 aliphatic rings. The molecule has 7 nitrogen and oxygen atoms in total. The number of aromatic nitrogens is 4. The molecule has 1 amide bonds. The van der Waals surface area contributed by atoms with E-state index in [1.165, 1.54) is 25.0 Å². The second-order valence-corrected chi connectivity index (χ2v) is 8.24. The van der Waals surface area contributed by atoms with E-state index in [2.05, 4.69) is 21.6 Å². The third-order valence-electron chi connectivity index (χ3n) is 6.39. The Kier molecular flexibility index (Phi) is 3.89. The molecule has 0 saturated heterocycles. The summed E-state index contributed by atoms with van der Waals surface area (Å²) in [7, 11) is 1.86. The Bertz CT molecular complexity index is 895. The van der Waals surface area contributed by atoms with Crippen molar-refractivity contribution in [2.45, 2.75) is 70.7 Å². The Labute approximate surface area is 159 Å². The third kappa shape index (κ3) is 2.63. The van der Waals surface area contributed by atoms with Crippen molar-refractivity contribution in [3.05, 3.63) is 34.7 Å². The van der Waals surface area contributed by atoms with E-state index in [4.69, 9.17) is 4.74 Å². The molecular formula is C20H27N5O2. The van der Waals surface area contributed by atoms with Gasteiger partial charge in [-0.25, -0.2) is 4.98 Å². The number of hydrogen-bond acceptors (Lipinski definition) is 4. The van der Waals surface area contributed by atoms with Crippen LogP contribution in [0, 0.1) is 0 Å². The van der Waals surface area contributed by atoms with Crippen LogP contribution in [0.5, 0.6) is 0 Å². The third-order valence-corrected chi connectivity index (χ3v) is 6.39. The summed E-state index contributed by atoms with van der Waals surface area (Å²) < 4.78 is 9.98. The highest BCUT2D eigenvalue weighted by atomic mass is 16.5. The van der Waals surface area contributed by atoms with Gasteiger partial charge in [0.15, 0.2) is 0 Å². The zero-order valence-electron chi connectivity index (χ0n) is 16.3. The first-order chi connectivity index (χ1) is 13.0. The quantitative estimate of drug-likeness (QED) is 0.816. The van der Waals surface area contributed by atoms with Crippen molar-refractivity contribution in [1.82, 2.24) is 24.2 Å². The summed E-state index contributed by atoms with van der Waals surface area (Å²) in [5.41, 5.74) is 5.06. The lowest BCUT2D eigenvalue weighted by Crippen LogP contribution is -2.38. The molecule has 2 atom stereocenters. The first-order valence-electron chi connectivity index (χ1n) is 10.1. The molecule has 0 N–H and O–H groups in total. The summed E-state index contributed by atoms with van der Waals surface area (Å²) in [5.74, 6) is 0.0661. The molecule has 0 bridgehead atoms. The molecule has 2 aliphatic heterocycles. The van der Waals surface area contributed by atoms with Crippen molar-refractivity contribution in [2.24, 2.45) is 7.05 Å². The molecule has 2 aromatic rings. The normalized spacial score (nSPS) is 25.1. The maximum Gasteiger partial charge on any atom is 0.272 e. The minimum atomic E-state index is -0.0670. The first-order valence-corrected chi connectivity index (χ1v) is 10.1. The molecule has 1 fully saturated rings. The highest BCUT2D eigenvalue weighted by Gasteiger charge is 2.35. The Morgan fingerprint density at radius 3 is 2.85 bits per heavy atom. The smallest absolute Gasteiger partial charge is 0.272 e. The van der Waals surface area contributed by atoms with Gasteiger partial charge in [-0.15, -0.1) is 0 Å². The summed E-state index contributed by atoms with van der Waals surface area (Å²) in [5, 5.41) is 4.60. The molecule has 0 spiro atoms. The molecule has 0 aromatic carbocycles. The van der Waals surface area contributed by atoms with Crippen molar-refractivity contribution in [3.63, 3.8) is 0 Å². The van der Waals surface area contributed by atoms with Gasteiger partial charge in [-0.05, 0) is 33.1 Å². The number of rotatable bonds is 2. The van der Waals surface area contributed by atoms with Crippen molar-refractivity contribution in [2.75, 3.05) is 6.54 Å². The summed E-state index contributed by atoms with van der Waals surface area (Å²) in [4.78, 5) is 19.9. The van der Waals surface area contributed by atoms with Gasteiger partial charge in [0.1, 0.15) is 5.69 Å². The van der Waals surface area contributed by atoms with Gasteiger partial charge in [0.05, 0.1) is 36.5 Å². The Balaban J connectivity index is 1.42. The maximum atomic E-state index is 13.4. The van der Waals surface area contributed by atoms with Gasteiger partial charge in [-0.1, -0.05) is 0 Å². The molecule has 27 heavy (non-hydrogen) atoms. The molecule has 144 valence electrons. The number of amides is 1. The van der Waals surface area contributed by atoms with E-state index in [1.807, 2.05) is 25.2 Å². The molecule has 1 aliphatic carbocycles. The predicted octanol–water partition coefficient (Wildman–Crippen LogP) is 2.56.